The van der Waals surface area contributed by atoms with Crippen LogP contribution in [-0.4, -0.2) is 44.0 Å². The molecule has 0 bridgehead atoms. The zero-order valence-corrected chi connectivity index (χ0v) is 13.2. The number of rotatable bonds is 4. The van der Waals surface area contributed by atoms with E-state index >= 15 is 0 Å². The van der Waals surface area contributed by atoms with Gasteiger partial charge in [0.25, 0.3) is 5.91 Å². The first-order valence-corrected chi connectivity index (χ1v) is 7.51. The summed E-state index contributed by atoms with van der Waals surface area (Å²) in [5.41, 5.74) is 0.0144. The first-order chi connectivity index (χ1) is 10.4. The van der Waals surface area contributed by atoms with E-state index in [-0.39, 0.29) is 19.8 Å². The fourth-order valence-corrected chi connectivity index (χ4v) is 3.35. The molecule has 2 N–H and O–H groups in total. The van der Waals surface area contributed by atoms with E-state index in [1.165, 1.54) is 24.3 Å². The van der Waals surface area contributed by atoms with E-state index < -0.39 is 30.3 Å². The van der Waals surface area contributed by atoms with Gasteiger partial charge in [-0.2, -0.15) is 0 Å². The monoisotopic (exact) mass is 361 g/mol. The Morgan fingerprint density at radius 1 is 1.55 bits per heavy atom. The third kappa shape index (κ3) is 3.14. The summed E-state index contributed by atoms with van der Waals surface area (Å²) < 4.78 is 13.7. The van der Waals surface area contributed by atoms with Gasteiger partial charge in [-0.25, -0.2) is 9.18 Å². The SMILES string of the molecule is O=C(O)C(CO)N1C(=O)C(=Cc2c(F)cccc2Cl)SC1=S. The summed E-state index contributed by atoms with van der Waals surface area (Å²) >= 11 is 11.7. The van der Waals surface area contributed by atoms with Crippen LogP contribution in [0.1, 0.15) is 5.56 Å². The van der Waals surface area contributed by atoms with Crippen molar-refractivity contribution in [2.75, 3.05) is 6.61 Å². The highest BCUT2D eigenvalue weighted by atomic mass is 35.5. The molecule has 1 fully saturated rings. The molecule has 1 aliphatic rings. The predicted octanol–water partition coefficient (Wildman–Crippen LogP) is 2.13. The third-order valence-corrected chi connectivity index (χ3v) is 4.53. The van der Waals surface area contributed by atoms with Crippen LogP contribution in [0.5, 0.6) is 0 Å². The lowest BCUT2D eigenvalue weighted by molar-refractivity contribution is -0.146. The molecule has 1 aliphatic heterocycles. The molecule has 0 spiro atoms. The Hall–Kier alpha value is -1.48. The van der Waals surface area contributed by atoms with Gasteiger partial charge >= 0.3 is 5.97 Å². The summed E-state index contributed by atoms with van der Waals surface area (Å²) in [6, 6.07) is 2.60. The number of halogens is 2. The zero-order chi connectivity index (χ0) is 16.4. The van der Waals surface area contributed by atoms with E-state index in [9.17, 15) is 14.0 Å². The highest BCUT2D eigenvalue weighted by Gasteiger charge is 2.40. The second kappa shape index (κ2) is 6.74. The molecule has 116 valence electrons. The topological polar surface area (TPSA) is 77.8 Å². The second-order valence-corrected chi connectivity index (χ2v) is 6.31. The molecule has 1 aromatic carbocycles. The van der Waals surface area contributed by atoms with Crippen LogP contribution in [0.25, 0.3) is 6.08 Å². The average Bonchev–Trinajstić information content (AvgIpc) is 2.71. The van der Waals surface area contributed by atoms with Crippen LogP contribution in [0.2, 0.25) is 5.02 Å². The molecule has 9 heteroatoms. The third-order valence-electron chi connectivity index (χ3n) is 2.87. The second-order valence-electron chi connectivity index (χ2n) is 4.22. The number of thioether (sulfide) groups is 1. The molecular formula is C13H9ClFNO4S2. The Morgan fingerprint density at radius 2 is 2.23 bits per heavy atom. The summed E-state index contributed by atoms with van der Waals surface area (Å²) in [6.45, 7) is -0.782. The van der Waals surface area contributed by atoms with Gasteiger partial charge in [-0.1, -0.05) is 41.6 Å². The van der Waals surface area contributed by atoms with Crippen molar-refractivity contribution < 1.29 is 24.2 Å². The van der Waals surface area contributed by atoms with Crippen LogP contribution in [-0.2, 0) is 9.59 Å². The minimum atomic E-state index is -1.48. The molecule has 1 amide bonds. The largest absolute Gasteiger partial charge is 0.480 e. The Morgan fingerprint density at radius 3 is 2.77 bits per heavy atom. The molecule has 22 heavy (non-hydrogen) atoms. The molecule has 1 atom stereocenters. The van der Waals surface area contributed by atoms with E-state index in [0.717, 1.165) is 16.7 Å². The number of benzene rings is 1. The van der Waals surface area contributed by atoms with Crippen molar-refractivity contribution in [3.8, 4) is 0 Å². The summed E-state index contributed by atoms with van der Waals surface area (Å²) in [5, 5.41) is 18.2. The molecule has 1 saturated heterocycles. The zero-order valence-electron chi connectivity index (χ0n) is 10.8. The van der Waals surface area contributed by atoms with Gasteiger partial charge < -0.3 is 10.2 Å². The number of thiocarbonyl (C=S) groups is 1. The maximum atomic E-state index is 13.7. The van der Waals surface area contributed by atoms with Crippen LogP contribution in [0.3, 0.4) is 0 Å². The Balaban J connectivity index is 2.40. The van der Waals surface area contributed by atoms with Crippen molar-refractivity contribution in [2.45, 2.75) is 6.04 Å². The molecule has 0 aromatic heterocycles. The first kappa shape index (κ1) is 16.9. The van der Waals surface area contributed by atoms with E-state index in [2.05, 4.69) is 0 Å². The number of aliphatic hydroxyl groups is 1. The van der Waals surface area contributed by atoms with Gasteiger partial charge in [-0.05, 0) is 18.2 Å². The van der Waals surface area contributed by atoms with Crippen molar-refractivity contribution >= 4 is 57.9 Å². The number of hydrogen-bond donors (Lipinski definition) is 2. The van der Waals surface area contributed by atoms with Gasteiger partial charge in [0, 0.05) is 5.56 Å². The van der Waals surface area contributed by atoms with Gasteiger partial charge in [-0.3, -0.25) is 9.69 Å². The highest BCUT2D eigenvalue weighted by molar-refractivity contribution is 8.26. The summed E-state index contributed by atoms with van der Waals surface area (Å²) in [4.78, 5) is 24.1. The van der Waals surface area contributed by atoms with Crippen molar-refractivity contribution in [3.05, 3.63) is 39.5 Å². The number of carbonyl (C=O) groups excluding carboxylic acids is 1. The number of carboxylic acid groups (broad SMARTS) is 1. The smallest absolute Gasteiger partial charge is 0.329 e. The summed E-state index contributed by atoms with van der Waals surface area (Å²) in [7, 11) is 0. The molecule has 2 rings (SSSR count). The number of carboxylic acids is 1. The number of hydrogen-bond acceptors (Lipinski definition) is 5. The minimum absolute atomic E-state index is 0.0144. The number of amides is 1. The van der Waals surface area contributed by atoms with E-state index in [0.29, 0.717) is 0 Å². The minimum Gasteiger partial charge on any atom is -0.480 e. The lowest BCUT2D eigenvalue weighted by atomic mass is 10.2. The van der Waals surface area contributed by atoms with Crippen LogP contribution in [0.15, 0.2) is 23.1 Å². The number of aliphatic hydroxyl groups excluding tert-OH is 1. The van der Waals surface area contributed by atoms with E-state index in [1.54, 1.807) is 0 Å². The van der Waals surface area contributed by atoms with Crippen molar-refractivity contribution in [1.82, 2.24) is 4.90 Å². The molecule has 0 radical (unpaired) electrons. The first-order valence-electron chi connectivity index (χ1n) is 5.91. The molecule has 0 aliphatic carbocycles. The normalized spacial score (nSPS) is 18.1. The molecule has 1 heterocycles. The number of aliphatic carboxylic acids is 1. The number of carbonyl (C=O) groups is 2. The lowest BCUT2D eigenvalue weighted by Crippen LogP contribution is -2.46. The van der Waals surface area contributed by atoms with Gasteiger partial charge in [0.2, 0.25) is 0 Å². The van der Waals surface area contributed by atoms with Gasteiger partial charge in [0.05, 0.1) is 16.5 Å². The number of nitrogens with zero attached hydrogens (tertiary/aromatic N) is 1. The van der Waals surface area contributed by atoms with Crippen molar-refractivity contribution in [1.29, 1.82) is 0 Å². The fraction of sp³-hybridized carbons (Fsp3) is 0.154. The van der Waals surface area contributed by atoms with Crippen LogP contribution in [0.4, 0.5) is 4.39 Å². The Bertz CT molecular complexity index is 674. The summed E-state index contributed by atoms with van der Waals surface area (Å²) in [6.07, 6.45) is 1.22. The molecule has 1 unspecified atom stereocenters. The van der Waals surface area contributed by atoms with E-state index in [4.69, 9.17) is 34.0 Å². The van der Waals surface area contributed by atoms with Gasteiger partial charge in [0.15, 0.2) is 6.04 Å². The van der Waals surface area contributed by atoms with Crippen molar-refractivity contribution in [3.63, 3.8) is 0 Å². The van der Waals surface area contributed by atoms with E-state index in [1.807, 2.05) is 0 Å². The lowest BCUT2D eigenvalue weighted by Gasteiger charge is -2.20. The quantitative estimate of drug-likeness (QED) is 0.632. The van der Waals surface area contributed by atoms with Gasteiger partial charge in [-0.15, -0.1) is 0 Å². The maximum Gasteiger partial charge on any atom is 0.329 e. The Labute approximate surface area is 139 Å². The highest BCUT2D eigenvalue weighted by Crippen LogP contribution is 2.35. The Kier molecular flexibility index (Phi) is 5.17. The molecule has 5 nitrogen and oxygen atoms in total. The maximum absolute atomic E-state index is 13.7. The standard InChI is InChI=1S/C13H9ClFNO4S2/c14-7-2-1-3-8(15)6(7)4-10-11(18)16(13(21)22-10)9(5-17)12(19)20/h1-4,9,17H,5H2,(H,19,20). The van der Waals surface area contributed by atoms with Crippen LogP contribution < -0.4 is 0 Å². The molecular weight excluding hydrogens is 353 g/mol. The predicted molar refractivity (Wildman–Crippen MR) is 84.9 cm³/mol. The van der Waals surface area contributed by atoms with Crippen molar-refractivity contribution in [2.24, 2.45) is 0 Å². The molecule has 0 saturated carbocycles. The average molecular weight is 362 g/mol. The van der Waals surface area contributed by atoms with Gasteiger partial charge in [0.1, 0.15) is 10.1 Å². The summed E-state index contributed by atoms with van der Waals surface area (Å²) in [5.74, 6) is -2.71. The molecule has 1 aromatic rings. The fourth-order valence-electron chi connectivity index (χ4n) is 1.80. The van der Waals surface area contributed by atoms with Crippen LogP contribution >= 0.6 is 35.6 Å². The van der Waals surface area contributed by atoms with Crippen LogP contribution in [0, 0.1) is 5.82 Å².